The van der Waals surface area contributed by atoms with Crippen LogP contribution in [0.5, 0.6) is 0 Å². The number of nitrogens with zero attached hydrogens (tertiary/aromatic N) is 3. The van der Waals surface area contributed by atoms with Gasteiger partial charge in [0.15, 0.2) is 0 Å². The first kappa shape index (κ1) is 19.9. The molecule has 29 heavy (non-hydrogen) atoms. The first-order valence-corrected chi connectivity index (χ1v) is 9.52. The van der Waals surface area contributed by atoms with Crippen molar-refractivity contribution >= 4 is 28.7 Å². The lowest BCUT2D eigenvalue weighted by atomic mass is 10.2. The van der Waals surface area contributed by atoms with E-state index in [0.29, 0.717) is 16.9 Å². The van der Waals surface area contributed by atoms with Crippen LogP contribution in [-0.4, -0.2) is 24.0 Å². The molecule has 146 valence electrons. The van der Waals surface area contributed by atoms with Gasteiger partial charge in [0.25, 0.3) is 5.91 Å². The molecule has 0 radical (unpaired) electrons. The van der Waals surface area contributed by atoms with Crippen LogP contribution in [0.1, 0.15) is 29.9 Å². The summed E-state index contributed by atoms with van der Waals surface area (Å²) in [6.07, 6.45) is 1.63. The Morgan fingerprint density at radius 2 is 1.55 bits per heavy atom. The monoisotopic (exact) mass is 385 g/mol. The molecule has 1 aromatic heterocycles. The molecule has 6 nitrogen and oxygen atoms in total. The van der Waals surface area contributed by atoms with Gasteiger partial charge in [-0.25, -0.2) is 4.98 Å². The zero-order valence-corrected chi connectivity index (χ0v) is 16.5. The maximum atomic E-state index is 12.3. The van der Waals surface area contributed by atoms with Crippen molar-refractivity contribution in [2.45, 2.75) is 13.8 Å². The highest BCUT2D eigenvalue weighted by Gasteiger charge is 2.08. The predicted molar refractivity (Wildman–Crippen MR) is 117 cm³/mol. The van der Waals surface area contributed by atoms with Crippen molar-refractivity contribution in [1.29, 1.82) is 5.26 Å². The standard InChI is InChI=1S/C23H23N5O/c1-3-28(4-2)21-12-9-18(10-13-21)26-20-11-14-22(25-16-20)23(29)27-19-7-5-17(15-24)6-8-19/h5-14,16,26H,3-4H2,1-2H3,(H,27,29). The Morgan fingerprint density at radius 1 is 0.931 bits per heavy atom. The number of pyridine rings is 1. The van der Waals surface area contributed by atoms with E-state index < -0.39 is 0 Å². The lowest BCUT2D eigenvalue weighted by Crippen LogP contribution is -2.21. The summed E-state index contributed by atoms with van der Waals surface area (Å²) in [4.78, 5) is 18.9. The van der Waals surface area contributed by atoms with Crippen LogP contribution in [0.4, 0.5) is 22.7 Å². The third-order valence-corrected chi connectivity index (χ3v) is 4.55. The number of anilines is 4. The number of hydrogen-bond donors (Lipinski definition) is 2. The topological polar surface area (TPSA) is 81.0 Å². The molecule has 0 aliphatic rings. The minimum atomic E-state index is -0.301. The fraction of sp³-hybridized carbons (Fsp3) is 0.174. The third-order valence-electron chi connectivity index (χ3n) is 4.55. The van der Waals surface area contributed by atoms with Gasteiger partial charge in [0.05, 0.1) is 23.5 Å². The number of benzene rings is 2. The zero-order chi connectivity index (χ0) is 20.6. The number of hydrogen-bond acceptors (Lipinski definition) is 5. The van der Waals surface area contributed by atoms with Crippen molar-refractivity contribution in [3.8, 4) is 6.07 Å². The number of carbonyl (C=O) groups excluding carboxylic acids is 1. The summed E-state index contributed by atoms with van der Waals surface area (Å²) in [5, 5.41) is 14.9. The summed E-state index contributed by atoms with van der Waals surface area (Å²) >= 11 is 0. The maximum Gasteiger partial charge on any atom is 0.274 e. The quantitative estimate of drug-likeness (QED) is 0.611. The predicted octanol–water partition coefficient (Wildman–Crippen LogP) is 4.80. The number of carbonyl (C=O) groups is 1. The summed E-state index contributed by atoms with van der Waals surface area (Å²) in [7, 11) is 0. The van der Waals surface area contributed by atoms with Gasteiger partial charge in [0.1, 0.15) is 5.69 Å². The molecule has 0 saturated carbocycles. The van der Waals surface area contributed by atoms with Gasteiger partial charge in [-0.2, -0.15) is 5.26 Å². The molecule has 0 atom stereocenters. The second-order valence-electron chi connectivity index (χ2n) is 6.42. The molecule has 2 aromatic carbocycles. The molecule has 0 aliphatic carbocycles. The summed E-state index contributed by atoms with van der Waals surface area (Å²) < 4.78 is 0. The van der Waals surface area contributed by atoms with E-state index in [4.69, 9.17) is 5.26 Å². The van der Waals surface area contributed by atoms with Crippen molar-refractivity contribution in [3.05, 3.63) is 78.1 Å². The number of nitriles is 1. The van der Waals surface area contributed by atoms with Gasteiger partial charge in [-0.1, -0.05) is 0 Å². The Balaban J connectivity index is 1.62. The van der Waals surface area contributed by atoms with Gasteiger partial charge < -0.3 is 15.5 Å². The lowest BCUT2D eigenvalue weighted by molar-refractivity contribution is 0.102. The molecule has 1 heterocycles. The molecular weight excluding hydrogens is 362 g/mol. The van der Waals surface area contributed by atoms with Crippen molar-refractivity contribution in [3.63, 3.8) is 0 Å². The summed E-state index contributed by atoms with van der Waals surface area (Å²) in [6.45, 7) is 6.22. The van der Waals surface area contributed by atoms with Crippen molar-refractivity contribution in [2.75, 3.05) is 28.6 Å². The third kappa shape index (κ3) is 5.11. The van der Waals surface area contributed by atoms with Gasteiger partial charge >= 0.3 is 0 Å². The van der Waals surface area contributed by atoms with E-state index in [1.165, 1.54) is 5.69 Å². The normalized spacial score (nSPS) is 10.1. The average molecular weight is 385 g/mol. The molecule has 6 heteroatoms. The van der Waals surface area contributed by atoms with Crippen LogP contribution in [0.15, 0.2) is 66.9 Å². The number of rotatable bonds is 7. The number of amides is 1. The minimum Gasteiger partial charge on any atom is -0.372 e. The zero-order valence-electron chi connectivity index (χ0n) is 16.5. The van der Waals surface area contributed by atoms with Crippen LogP contribution >= 0.6 is 0 Å². The van der Waals surface area contributed by atoms with Gasteiger partial charge in [-0.15, -0.1) is 0 Å². The van der Waals surface area contributed by atoms with Crippen molar-refractivity contribution < 1.29 is 4.79 Å². The average Bonchev–Trinajstić information content (AvgIpc) is 2.77. The van der Waals surface area contributed by atoms with Gasteiger partial charge in [0.2, 0.25) is 0 Å². The molecule has 0 bridgehead atoms. The highest BCUT2D eigenvalue weighted by atomic mass is 16.1. The van der Waals surface area contributed by atoms with E-state index in [1.807, 2.05) is 24.3 Å². The fourth-order valence-corrected chi connectivity index (χ4v) is 2.94. The van der Waals surface area contributed by atoms with E-state index in [0.717, 1.165) is 24.5 Å². The van der Waals surface area contributed by atoms with E-state index in [2.05, 4.69) is 46.5 Å². The van der Waals surface area contributed by atoms with Crippen molar-refractivity contribution in [1.82, 2.24) is 4.98 Å². The Morgan fingerprint density at radius 3 is 2.10 bits per heavy atom. The van der Waals surface area contributed by atoms with Crippen molar-refractivity contribution in [2.24, 2.45) is 0 Å². The first-order chi connectivity index (χ1) is 14.1. The number of aromatic nitrogens is 1. The van der Waals surface area contributed by atoms with E-state index >= 15 is 0 Å². The van der Waals surface area contributed by atoms with Crippen LogP contribution in [0.2, 0.25) is 0 Å². The molecule has 0 spiro atoms. The summed E-state index contributed by atoms with van der Waals surface area (Å²) in [6, 6.07) is 20.4. The second-order valence-corrected chi connectivity index (χ2v) is 6.42. The number of nitrogens with one attached hydrogen (secondary N) is 2. The molecule has 3 aromatic rings. The van der Waals surface area contributed by atoms with Crippen LogP contribution in [0.3, 0.4) is 0 Å². The molecule has 2 N–H and O–H groups in total. The Bertz CT molecular complexity index is 985. The lowest BCUT2D eigenvalue weighted by Gasteiger charge is -2.21. The Hall–Kier alpha value is -3.85. The Kier molecular flexibility index (Phi) is 6.43. The molecule has 0 aliphatic heterocycles. The highest BCUT2D eigenvalue weighted by Crippen LogP contribution is 2.21. The van der Waals surface area contributed by atoms with Crippen LogP contribution < -0.4 is 15.5 Å². The summed E-state index contributed by atoms with van der Waals surface area (Å²) in [5.41, 5.74) is 4.42. The van der Waals surface area contributed by atoms with E-state index in [9.17, 15) is 4.79 Å². The van der Waals surface area contributed by atoms with Gasteiger partial charge in [-0.3, -0.25) is 4.79 Å². The minimum absolute atomic E-state index is 0.301. The van der Waals surface area contributed by atoms with Crippen LogP contribution in [0, 0.1) is 11.3 Å². The van der Waals surface area contributed by atoms with Gasteiger partial charge in [0, 0.05) is 30.2 Å². The van der Waals surface area contributed by atoms with E-state index in [-0.39, 0.29) is 5.91 Å². The first-order valence-electron chi connectivity index (χ1n) is 9.52. The largest absolute Gasteiger partial charge is 0.372 e. The van der Waals surface area contributed by atoms with Crippen LogP contribution in [-0.2, 0) is 0 Å². The fourth-order valence-electron chi connectivity index (χ4n) is 2.94. The molecule has 0 saturated heterocycles. The highest BCUT2D eigenvalue weighted by molar-refractivity contribution is 6.03. The van der Waals surface area contributed by atoms with E-state index in [1.54, 1.807) is 36.5 Å². The molecule has 3 rings (SSSR count). The van der Waals surface area contributed by atoms with Gasteiger partial charge in [-0.05, 0) is 74.5 Å². The Labute approximate surface area is 170 Å². The molecule has 0 fully saturated rings. The molecule has 1 amide bonds. The summed E-state index contributed by atoms with van der Waals surface area (Å²) in [5.74, 6) is -0.301. The smallest absolute Gasteiger partial charge is 0.274 e. The second kappa shape index (κ2) is 9.38. The SMILES string of the molecule is CCN(CC)c1ccc(Nc2ccc(C(=O)Nc3ccc(C#N)cc3)nc2)cc1. The molecule has 0 unspecified atom stereocenters. The van der Waals surface area contributed by atoms with Crippen LogP contribution in [0.25, 0.3) is 0 Å². The maximum absolute atomic E-state index is 12.3. The molecular formula is C23H23N5O.